The van der Waals surface area contributed by atoms with Crippen LogP contribution in [0, 0.1) is 0 Å². The molecular formula is C14H11ClN4O. The SMILES string of the molecule is O=C(Cc1ccc(Cl)cc1)Nc1cccc2n[nH]nc12. The molecule has 3 aromatic rings. The number of aromatic nitrogens is 3. The van der Waals surface area contributed by atoms with Crippen LogP contribution in [0.15, 0.2) is 42.5 Å². The lowest BCUT2D eigenvalue weighted by Crippen LogP contribution is -2.14. The minimum Gasteiger partial charge on any atom is -0.324 e. The lowest BCUT2D eigenvalue weighted by molar-refractivity contribution is -0.115. The number of carbonyl (C=O) groups excluding carboxylic acids is 1. The van der Waals surface area contributed by atoms with E-state index in [1.807, 2.05) is 24.3 Å². The number of nitrogens with zero attached hydrogens (tertiary/aromatic N) is 2. The second-order valence-corrected chi connectivity index (χ2v) is 4.78. The van der Waals surface area contributed by atoms with E-state index in [0.29, 0.717) is 21.7 Å². The van der Waals surface area contributed by atoms with Gasteiger partial charge in [-0.15, -0.1) is 0 Å². The fourth-order valence-corrected chi connectivity index (χ4v) is 2.08. The van der Waals surface area contributed by atoms with E-state index in [4.69, 9.17) is 11.6 Å². The van der Waals surface area contributed by atoms with Gasteiger partial charge in [0.2, 0.25) is 5.91 Å². The van der Waals surface area contributed by atoms with Gasteiger partial charge in [-0.1, -0.05) is 29.8 Å². The summed E-state index contributed by atoms with van der Waals surface area (Å²) >= 11 is 5.81. The van der Waals surface area contributed by atoms with Crippen LogP contribution in [0.5, 0.6) is 0 Å². The standard InChI is InChI=1S/C14H11ClN4O/c15-10-6-4-9(5-7-10)8-13(20)16-11-2-1-3-12-14(11)18-19-17-12/h1-7H,8H2,(H,16,20)(H,17,18,19). The maximum Gasteiger partial charge on any atom is 0.228 e. The minimum atomic E-state index is -0.108. The number of hydrogen-bond donors (Lipinski definition) is 2. The van der Waals surface area contributed by atoms with E-state index in [1.54, 1.807) is 18.2 Å². The monoisotopic (exact) mass is 286 g/mol. The second-order valence-electron chi connectivity index (χ2n) is 4.35. The normalized spacial score (nSPS) is 10.7. The molecule has 0 atom stereocenters. The first-order valence-corrected chi connectivity index (χ1v) is 6.44. The van der Waals surface area contributed by atoms with Crippen molar-refractivity contribution >= 4 is 34.2 Å². The summed E-state index contributed by atoms with van der Waals surface area (Å²) in [7, 11) is 0. The quantitative estimate of drug-likeness (QED) is 0.778. The van der Waals surface area contributed by atoms with E-state index in [1.165, 1.54) is 0 Å². The van der Waals surface area contributed by atoms with Crippen LogP contribution >= 0.6 is 11.6 Å². The molecular weight excluding hydrogens is 276 g/mol. The van der Waals surface area contributed by atoms with Crippen LogP contribution in [0.25, 0.3) is 11.0 Å². The molecule has 0 saturated carbocycles. The zero-order valence-corrected chi connectivity index (χ0v) is 11.2. The fraction of sp³-hybridized carbons (Fsp3) is 0.0714. The number of aromatic amines is 1. The molecule has 0 spiro atoms. The van der Waals surface area contributed by atoms with Crippen LogP contribution in [0.3, 0.4) is 0 Å². The van der Waals surface area contributed by atoms with Crippen molar-refractivity contribution in [1.82, 2.24) is 15.4 Å². The van der Waals surface area contributed by atoms with Crippen molar-refractivity contribution in [2.75, 3.05) is 5.32 Å². The Morgan fingerprint density at radius 2 is 1.95 bits per heavy atom. The Labute approximate surface area is 120 Å². The van der Waals surface area contributed by atoms with Crippen LogP contribution in [-0.2, 0) is 11.2 Å². The lowest BCUT2D eigenvalue weighted by Gasteiger charge is -2.05. The molecule has 0 fully saturated rings. The molecule has 2 N–H and O–H groups in total. The average molecular weight is 287 g/mol. The smallest absolute Gasteiger partial charge is 0.228 e. The number of anilines is 1. The molecule has 2 aromatic carbocycles. The number of rotatable bonds is 3. The number of fused-ring (bicyclic) bond motifs is 1. The van der Waals surface area contributed by atoms with Crippen LogP contribution in [0.1, 0.15) is 5.56 Å². The van der Waals surface area contributed by atoms with Crippen molar-refractivity contribution in [2.45, 2.75) is 6.42 Å². The molecule has 5 nitrogen and oxygen atoms in total. The number of carbonyl (C=O) groups is 1. The number of para-hydroxylation sites is 1. The molecule has 1 heterocycles. The zero-order chi connectivity index (χ0) is 13.9. The fourth-order valence-electron chi connectivity index (χ4n) is 1.95. The highest BCUT2D eigenvalue weighted by atomic mass is 35.5. The van der Waals surface area contributed by atoms with Gasteiger partial charge in [-0.05, 0) is 29.8 Å². The second kappa shape index (κ2) is 5.30. The van der Waals surface area contributed by atoms with E-state index >= 15 is 0 Å². The van der Waals surface area contributed by atoms with Gasteiger partial charge < -0.3 is 5.32 Å². The third kappa shape index (κ3) is 2.62. The van der Waals surface area contributed by atoms with Gasteiger partial charge in [0.15, 0.2) is 0 Å². The molecule has 0 unspecified atom stereocenters. The maximum absolute atomic E-state index is 12.0. The van der Waals surface area contributed by atoms with Crippen molar-refractivity contribution in [3.05, 3.63) is 53.1 Å². The molecule has 0 aliphatic rings. The molecule has 100 valence electrons. The van der Waals surface area contributed by atoms with E-state index in [0.717, 1.165) is 5.56 Å². The largest absolute Gasteiger partial charge is 0.324 e. The maximum atomic E-state index is 12.0. The van der Waals surface area contributed by atoms with Gasteiger partial charge in [0.05, 0.1) is 12.1 Å². The van der Waals surface area contributed by atoms with Gasteiger partial charge in [0.1, 0.15) is 11.0 Å². The minimum absolute atomic E-state index is 0.108. The third-order valence-corrected chi connectivity index (χ3v) is 3.15. The summed E-state index contributed by atoms with van der Waals surface area (Å²) < 4.78 is 0. The Kier molecular flexibility index (Phi) is 3.35. The van der Waals surface area contributed by atoms with Crippen molar-refractivity contribution in [3.63, 3.8) is 0 Å². The van der Waals surface area contributed by atoms with Crippen molar-refractivity contribution in [1.29, 1.82) is 0 Å². The Hall–Kier alpha value is -2.40. The van der Waals surface area contributed by atoms with Gasteiger partial charge in [-0.2, -0.15) is 15.4 Å². The average Bonchev–Trinajstić information content (AvgIpc) is 2.91. The number of hydrogen-bond acceptors (Lipinski definition) is 3. The highest BCUT2D eigenvalue weighted by Gasteiger charge is 2.09. The molecule has 3 rings (SSSR count). The summed E-state index contributed by atoms with van der Waals surface area (Å²) in [6.45, 7) is 0. The Balaban J connectivity index is 1.76. The molecule has 1 amide bonds. The molecule has 6 heteroatoms. The number of H-pyrrole nitrogens is 1. The number of halogens is 1. The van der Waals surface area contributed by atoms with Crippen LogP contribution in [0.4, 0.5) is 5.69 Å². The van der Waals surface area contributed by atoms with E-state index in [9.17, 15) is 4.79 Å². The summed E-state index contributed by atoms with van der Waals surface area (Å²) in [6.07, 6.45) is 0.283. The number of amides is 1. The topological polar surface area (TPSA) is 70.7 Å². The summed E-state index contributed by atoms with van der Waals surface area (Å²) in [6, 6.07) is 12.6. The third-order valence-electron chi connectivity index (χ3n) is 2.90. The Bertz CT molecular complexity index is 751. The van der Waals surface area contributed by atoms with Gasteiger partial charge in [-0.3, -0.25) is 4.79 Å². The first-order valence-electron chi connectivity index (χ1n) is 6.06. The summed E-state index contributed by atoms with van der Waals surface area (Å²) in [5, 5.41) is 14.0. The molecule has 0 aliphatic carbocycles. The molecule has 20 heavy (non-hydrogen) atoms. The lowest BCUT2D eigenvalue weighted by atomic mass is 10.1. The van der Waals surface area contributed by atoms with Gasteiger partial charge in [0, 0.05) is 5.02 Å². The van der Waals surface area contributed by atoms with E-state index in [-0.39, 0.29) is 12.3 Å². The zero-order valence-electron chi connectivity index (χ0n) is 10.4. The summed E-state index contributed by atoms with van der Waals surface area (Å²) in [5.41, 5.74) is 2.92. The van der Waals surface area contributed by atoms with Gasteiger partial charge in [0.25, 0.3) is 0 Å². The van der Waals surface area contributed by atoms with E-state index < -0.39 is 0 Å². The van der Waals surface area contributed by atoms with Crippen LogP contribution in [0.2, 0.25) is 5.02 Å². The molecule has 1 aromatic heterocycles. The van der Waals surface area contributed by atoms with Crippen LogP contribution < -0.4 is 5.32 Å². The van der Waals surface area contributed by atoms with Crippen LogP contribution in [-0.4, -0.2) is 21.3 Å². The highest BCUT2D eigenvalue weighted by Crippen LogP contribution is 2.19. The first kappa shape index (κ1) is 12.6. The Morgan fingerprint density at radius 1 is 1.15 bits per heavy atom. The van der Waals surface area contributed by atoms with Gasteiger partial charge >= 0.3 is 0 Å². The predicted octanol–water partition coefficient (Wildman–Crippen LogP) is 2.79. The van der Waals surface area contributed by atoms with E-state index in [2.05, 4.69) is 20.7 Å². The molecule has 0 aliphatic heterocycles. The number of benzene rings is 2. The summed E-state index contributed by atoms with van der Waals surface area (Å²) in [5.74, 6) is -0.108. The van der Waals surface area contributed by atoms with Crippen molar-refractivity contribution < 1.29 is 4.79 Å². The first-order chi connectivity index (χ1) is 9.72. The number of nitrogens with one attached hydrogen (secondary N) is 2. The predicted molar refractivity (Wildman–Crippen MR) is 77.7 cm³/mol. The van der Waals surface area contributed by atoms with Gasteiger partial charge in [-0.25, -0.2) is 0 Å². The Morgan fingerprint density at radius 3 is 2.75 bits per heavy atom. The van der Waals surface area contributed by atoms with Crippen molar-refractivity contribution in [3.8, 4) is 0 Å². The molecule has 0 saturated heterocycles. The summed E-state index contributed by atoms with van der Waals surface area (Å²) in [4.78, 5) is 12.0. The highest BCUT2D eigenvalue weighted by molar-refractivity contribution is 6.30. The molecule has 0 radical (unpaired) electrons. The molecule has 0 bridgehead atoms. The van der Waals surface area contributed by atoms with Crippen molar-refractivity contribution in [2.24, 2.45) is 0 Å².